The molecule has 1 heterocycles. The molecule has 1 aliphatic carbocycles. The first-order valence-electron chi connectivity index (χ1n) is 8.03. The number of hydrogen-bond acceptors (Lipinski definition) is 4. The molecule has 0 aromatic rings. The van der Waals surface area contributed by atoms with E-state index < -0.39 is 6.04 Å². The van der Waals surface area contributed by atoms with Crippen LogP contribution in [0.4, 0.5) is 0 Å². The highest BCUT2D eigenvalue weighted by atomic mass is 35.5. The molecule has 5 unspecified atom stereocenters. The minimum atomic E-state index is -0.811. The molecule has 2 aliphatic rings. The van der Waals surface area contributed by atoms with Crippen LogP contribution in [0.15, 0.2) is 0 Å². The molecule has 2 fully saturated rings. The molecular weight excluding hydrogens is 327 g/mol. The van der Waals surface area contributed by atoms with Gasteiger partial charge in [0.05, 0.1) is 23.5 Å². The largest absolute Gasteiger partial charge is 0.394 e. The lowest BCUT2D eigenvalue weighted by atomic mass is 9.78. The van der Waals surface area contributed by atoms with Crippen LogP contribution in [0, 0.1) is 11.8 Å². The van der Waals surface area contributed by atoms with Gasteiger partial charge < -0.3 is 20.8 Å². The summed E-state index contributed by atoms with van der Waals surface area (Å²) in [5.74, 6) is 0.513. The maximum Gasteiger partial charge on any atom is 0.241 e. The van der Waals surface area contributed by atoms with Gasteiger partial charge in [-0.25, -0.2) is 0 Å². The molecule has 4 N–H and O–H groups in total. The van der Waals surface area contributed by atoms with Crippen molar-refractivity contribution in [3.8, 4) is 0 Å². The van der Waals surface area contributed by atoms with Crippen molar-refractivity contribution < 1.29 is 15.0 Å². The van der Waals surface area contributed by atoms with E-state index in [4.69, 9.17) is 34.0 Å². The Morgan fingerprint density at radius 2 is 1.82 bits per heavy atom. The Hall–Kier alpha value is -0.0700. The summed E-state index contributed by atoms with van der Waals surface area (Å²) in [6.07, 6.45) is 3.69. The number of amides is 1. The number of alkyl halides is 2. The maximum absolute atomic E-state index is 11.9. The molecule has 0 aromatic carbocycles. The number of aliphatic hydroxyl groups is 2. The van der Waals surface area contributed by atoms with Crippen LogP contribution in [-0.2, 0) is 4.79 Å². The number of nitrogens with two attached hydrogens (primary N) is 1. The first-order valence-corrected chi connectivity index (χ1v) is 8.91. The van der Waals surface area contributed by atoms with Crippen LogP contribution in [0.1, 0.15) is 32.1 Å². The fraction of sp³-hybridized carbons (Fsp3) is 0.933. The summed E-state index contributed by atoms with van der Waals surface area (Å²) in [6, 6.07) is -0.811. The number of piperidine rings is 1. The molecule has 22 heavy (non-hydrogen) atoms. The van der Waals surface area contributed by atoms with Crippen LogP contribution in [-0.4, -0.2) is 63.6 Å². The minimum absolute atomic E-state index is 0.0701. The third-order valence-electron chi connectivity index (χ3n) is 5.01. The fourth-order valence-electron chi connectivity index (χ4n) is 3.55. The number of likely N-dealkylation sites (tertiary alicyclic amines) is 1. The van der Waals surface area contributed by atoms with Crippen molar-refractivity contribution in [1.29, 1.82) is 0 Å². The van der Waals surface area contributed by atoms with Gasteiger partial charge in [-0.2, -0.15) is 0 Å². The van der Waals surface area contributed by atoms with Crippen molar-refractivity contribution in [3.05, 3.63) is 0 Å². The second kappa shape index (κ2) is 8.15. The van der Waals surface area contributed by atoms with Gasteiger partial charge in [0.1, 0.15) is 6.04 Å². The van der Waals surface area contributed by atoms with Crippen molar-refractivity contribution in [2.24, 2.45) is 17.6 Å². The Bertz CT molecular complexity index is 378. The summed E-state index contributed by atoms with van der Waals surface area (Å²) >= 11 is 12.3. The third-order valence-corrected chi connectivity index (χ3v) is 6.10. The molecule has 5 atom stereocenters. The van der Waals surface area contributed by atoms with Crippen LogP contribution in [0.2, 0.25) is 0 Å². The predicted octanol–water partition coefficient (Wildman–Crippen LogP) is 0.920. The average molecular weight is 353 g/mol. The van der Waals surface area contributed by atoms with E-state index >= 15 is 0 Å². The molecule has 1 saturated carbocycles. The Morgan fingerprint density at radius 3 is 2.41 bits per heavy atom. The molecule has 5 nitrogen and oxygen atoms in total. The van der Waals surface area contributed by atoms with E-state index in [1.54, 1.807) is 4.90 Å². The maximum atomic E-state index is 11.9. The van der Waals surface area contributed by atoms with Gasteiger partial charge in [0, 0.05) is 13.1 Å². The first-order chi connectivity index (χ1) is 10.4. The van der Waals surface area contributed by atoms with Crippen molar-refractivity contribution in [3.63, 3.8) is 0 Å². The summed E-state index contributed by atoms with van der Waals surface area (Å²) in [5, 5.41) is 18.9. The van der Waals surface area contributed by atoms with Gasteiger partial charge >= 0.3 is 0 Å². The van der Waals surface area contributed by atoms with Gasteiger partial charge in [-0.3, -0.25) is 4.79 Å². The van der Waals surface area contributed by atoms with Gasteiger partial charge in [-0.05, 0) is 43.9 Å². The molecular formula is C15H26Cl2N2O3. The van der Waals surface area contributed by atoms with Gasteiger partial charge in [0.15, 0.2) is 0 Å². The summed E-state index contributed by atoms with van der Waals surface area (Å²) in [7, 11) is 0. The highest BCUT2D eigenvalue weighted by Gasteiger charge is 2.36. The number of rotatable bonds is 4. The van der Waals surface area contributed by atoms with E-state index in [0.29, 0.717) is 25.4 Å². The quantitative estimate of drug-likeness (QED) is 0.656. The SMILES string of the molecule is NC(CO)C(=O)N1CCC(CC2CC(Cl)C(Cl)CC2O)CC1. The molecule has 0 radical (unpaired) electrons. The van der Waals surface area contributed by atoms with E-state index in [9.17, 15) is 9.90 Å². The third kappa shape index (κ3) is 4.48. The number of hydrogen-bond donors (Lipinski definition) is 3. The standard InChI is InChI=1S/C15H26Cl2N2O3/c16-11-6-10(14(21)7-12(11)17)5-9-1-3-19(4-2-9)15(22)13(18)8-20/h9-14,20-21H,1-8,18H2. The van der Waals surface area contributed by atoms with Crippen molar-refractivity contribution in [2.75, 3.05) is 19.7 Å². The van der Waals surface area contributed by atoms with Gasteiger partial charge in [-0.1, -0.05) is 0 Å². The molecule has 7 heteroatoms. The summed E-state index contributed by atoms with van der Waals surface area (Å²) in [6.45, 7) is 1.02. The van der Waals surface area contributed by atoms with E-state index in [1.807, 2.05) is 0 Å². The lowest BCUT2D eigenvalue weighted by molar-refractivity contribution is -0.135. The molecule has 1 saturated heterocycles. The molecule has 0 bridgehead atoms. The zero-order chi connectivity index (χ0) is 16.3. The van der Waals surface area contributed by atoms with Gasteiger partial charge in [0.25, 0.3) is 0 Å². The summed E-state index contributed by atoms with van der Waals surface area (Å²) in [5.41, 5.74) is 5.58. The minimum Gasteiger partial charge on any atom is -0.394 e. The lowest BCUT2D eigenvalue weighted by Crippen LogP contribution is -2.49. The number of carbonyl (C=O) groups is 1. The Kier molecular flexibility index (Phi) is 6.77. The molecule has 0 aromatic heterocycles. The predicted molar refractivity (Wildman–Crippen MR) is 87.0 cm³/mol. The fourth-order valence-corrected chi connectivity index (χ4v) is 4.17. The second-order valence-electron chi connectivity index (χ2n) is 6.62. The van der Waals surface area contributed by atoms with Crippen LogP contribution < -0.4 is 5.73 Å². The number of carbonyl (C=O) groups excluding carboxylic acids is 1. The molecule has 1 amide bonds. The van der Waals surface area contributed by atoms with E-state index in [1.165, 1.54) is 0 Å². The van der Waals surface area contributed by atoms with Crippen molar-refractivity contribution in [1.82, 2.24) is 4.90 Å². The highest BCUT2D eigenvalue weighted by molar-refractivity contribution is 6.30. The van der Waals surface area contributed by atoms with E-state index in [0.717, 1.165) is 25.7 Å². The molecule has 0 spiro atoms. The van der Waals surface area contributed by atoms with Crippen LogP contribution in [0.3, 0.4) is 0 Å². The topological polar surface area (TPSA) is 86.8 Å². The van der Waals surface area contributed by atoms with E-state index in [-0.39, 0.29) is 35.3 Å². The van der Waals surface area contributed by atoms with E-state index in [2.05, 4.69) is 0 Å². The average Bonchev–Trinajstić information content (AvgIpc) is 2.52. The Labute approximate surface area is 141 Å². The van der Waals surface area contributed by atoms with Gasteiger partial charge in [0.2, 0.25) is 5.91 Å². The van der Waals surface area contributed by atoms with Gasteiger partial charge in [-0.15, -0.1) is 23.2 Å². The van der Waals surface area contributed by atoms with Crippen LogP contribution in [0.5, 0.6) is 0 Å². The molecule has 128 valence electrons. The summed E-state index contributed by atoms with van der Waals surface area (Å²) < 4.78 is 0. The Balaban J connectivity index is 1.79. The monoisotopic (exact) mass is 352 g/mol. The Morgan fingerprint density at radius 1 is 1.23 bits per heavy atom. The first kappa shape index (κ1) is 18.3. The highest BCUT2D eigenvalue weighted by Crippen LogP contribution is 2.37. The molecule has 2 rings (SSSR count). The zero-order valence-electron chi connectivity index (χ0n) is 12.7. The zero-order valence-corrected chi connectivity index (χ0v) is 14.2. The number of halogens is 2. The lowest BCUT2D eigenvalue weighted by Gasteiger charge is -2.38. The number of nitrogens with zero attached hydrogens (tertiary/aromatic N) is 1. The van der Waals surface area contributed by atoms with Crippen LogP contribution >= 0.6 is 23.2 Å². The normalized spacial score (nSPS) is 35.4. The smallest absolute Gasteiger partial charge is 0.241 e. The molecule has 1 aliphatic heterocycles. The number of aliphatic hydroxyl groups excluding tert-OH is 2. The van der Waals surface area contributed by atoms with Crippen LogP contribution in [0.25, 0.3) is 0 Å². The summed E-state index contributed by atoms with van der Waals surface area (Å²) in [4.78, 5) is 13.7. The second-order valence-corrected chi connectivity index (χ2v) is 7.75. The van der Waals surface area contributed by atoms with Crippen molar-refractivity contribution in [2.45, 2.75) is 55.0 Å². The van der Waals surface area contributed by atoms with Crippen molar-refractivity contribution >= 4 is 29.1 Å².